The maximum Gasteiger partial charge on any atom is 0.276 e. The van der Waals surface area contributed by atoms with Gasteiger partial charge in [-0.05, 0) is 56.2 Å². The number of hydrogen-bond acceptors (Lipinski definition) is 6. The molecule has 0 saturated carbocycles. The molecule has 1 fully saturated rings. The van der Waals surface area contributed by atoms with Gasteiger partial charge >= 0.3 is 0 Å². The van der Waals surface area contributed by atoms with Crippen LogP contribution in [0.5, 0.6) is 0 Å². The van der Waals surface area contributed by atoms with Crippen LogP contribution in [0.2, 0.25) is 0 Å². The van der Waals surface area contributed by atoms with E-state index in [2.05, 4.69) is 20.5 Å². The molecule has 0 bridgehead atoms. The molecule has 33 heavy (non-hydrogen) atoms. The Hall–Kier alpha value is -3.95. The Morgan fingerprint density at radius 2 is 1.94 bits per heavy atom. The van der Waals surface area contributed by atoms with Gasteiger partial charge < -0.3 is 9.42 Å². The Morgan fingerprint density at radius 1 is 1.12 bits per heavy atom. The topological polar surface area (TPSA) is 89.9 Å². The Labute approximate surface area is 187 Å². The van der Waals surface area contributed by atoms with Crippen molar-refractivity contribution in [2.24, 2.45) is 0 Å². The molecule has 1 aliphatic heterocycles. The van der Waals surface area contributed by atoms with Gasteiger partial charge in [-0.15, -0.1) is 5.10 Å². The predicted octanol–water partition coefficient (Wildman–Crippen LogP) is 3.92. The molecule has 0 N–H and O–H groups in total. The Morgan fingerprint density at radius 3 is 2.73 bits per heavy atom. The monoisotopic (exact) mass is 450 g/mol. The second-order valence-corrected chi connectivity index (χ2v) is 7.97. The standard InChI is InChI=1S/C23H20F2N6O2/c1-14-20(27-29-31(14)19-9-7-17(24)8-10-19)23(32)30-11-3-5-16(13-30)22-26-21(28-33-22)15-4-2-6-18(25)12-15/h2,4,6-10,12,16H,3,5,11,13H2,1H3. The summed E-state index contributed by atoms with van der Waals surface area (Å²) < 4.78 is 33.7. The molecule has 168 valence electrons. The summed E-state index contributed by atoms with van der Waals surface area (Å²) in [5.74, 6) is -0.379. The van der Waals surface area contributed by atoms with E-state index < -0.39 is 0 Å². The SMILES string of the molecule is Cc1c(C(=O)N2CCCC(c3nc(-c4cccc(F)c4)no3)C2)nnn1-c1ccc(F)cc1. The molecule has 2 aromatic heterocycles. The van der Waals surface area contributed by atoms with Crippen LogP contribution < -0.4 is 0 Å². The van der Waals surface area contributed by atoms with Crippen LogP contribution in [0.1, 0.15) is 40.8 Å². The van der Waals surface area contributed by atoms with E-state index in [9.17, 15) is 13.6 Å². The summed E-state index contributed by atoms with van der Waals surface area (Å²) in [4.78, 5) is 19.3. The van der Waals surface area contributed by atoms with Crippen LogP contribution in [-0.4, -0.2) is 49.0 Å². The molecule has 1 amide bonds. The lowest BCUT2D eigenvalue weighted by molar-refractivity contribution is 0.0689. The summed E-state index contributed by atoms with van der Waals surface area (Å²) in [5.41, 5.74) is 1.96. The van der Waals surface area contributed by atoms with E-state index in [0.717, 1.165) is 12.8 Å². The van der Waals surface area contributed by atoms with Crippen molar-refractivity contribution in [2.75, 3.05) is 13.1 Å². The first-order chi connectivity index (χ1) is 16.0. The minimum atomic E-state index is -0.377. The molecule has 1 unspecified atom stereocenters. The van der Waals surface area contributed by atoms with Crippen LogP contribution in [-0.2, 0) is 0 Å². The van der Waals surface area contributed by atoms with Gasteiger partial charge in [0.2, 0.25) is 11.7 Å². The predicted molar refractivity (Wildman–Crippen MR) is 114 cm³/mol. The average Bonchev–Trinajstić information content (AvgIpc) is 3.47. The summed E-state index contributed by atoms with van der Waals surface area (Å²) in [6.07, 6.45) is 1.55. The summed E-state index contributed by atoms with van der Waals surface area (Å²) >= 11 is 0. The highest BCUT2D eigenvalue weighted by Crippen LogP contribution is 2.29. The lowest BCUT2D eigenvalue weighted by atomic mass is 9.97. The Bertz CT molecular complexity index is 1300. The van der Waals surface area contributed by atoms with Crippen molar-refractivity contribution in [2.45, 2.75) is 25.7 Å². The van der Waals surface area contributed by atoms with E-state index in [4.69, 9.17) is 4.52 Å². The van der Waals surface area contributed by atoms with Crippen molar-refractivity contribution in [1.82, 2.24) is 30.0 Å². The third kappa shape index (κ3) is 4.11. The zero-order chi connectivity index (χ0) is 22.9. The average molecular weight is 450 g/mol. The Balaban J connectivity index is 1.33. The maximum atomic E-state index is 13.5. The molecule has 1 atom stereocenters. The van der Waals surface area contributed by atoms with E-state index in [0.29, 0.717) is 41.7 Å². The van der Waals surface area contributed by atoms with E-state index in [1.54, 1.807) is 36.1 Å². The summed E-state index contributed by atoms with van der Waals surface area (Å²) in [7, 11) is 0. The fraction of sp³-hybridized carbons (Fsp3) is 0.261. The number of nitrogens with zero attached hydrogens (tertiary/aromatic N) is 6. The fourth-order valence-electron chi connectivity index (χ4n) is 4.01. The van der Waals surface area contributed by atoms with Gasteiger partial charge in [0, 0.05) is 18.7 Å². The van der Waals surface area contributed by atoms with E-state index in [1.807, 2.05) is 0 Å². The van der Waals surface area contributed by atoms with Gasteiger partial charge in [0.15, 0.2) is 5.69 Å². The number of halogens is 2. The van der Waals surface area contributed by atoms with E-state index in [1.165, 1.54) is 28.9 Å². The van der Waals surface area contributed by atoms with Gasteiger partial charge in [-0.25, -0.2) is 13.5 Å². The first-order valence-corrected chi connectivity index (χ1v) is 10.6. The molecule has 1 saturated heterocycles. The maximum absolute atomic E-state index is 13.5. The van der Waals surface area contributed by atoms with Crippen LogP contribution in [0.4, 0.5) is 8.78 Å². The first-order valence-electron chi connectivity index (χ1n) is 10.6. The molecular weight excluding hydrogens is 430 g/mol. The van der Waals surface area contributed by atoms with E-state index in [-0.39, 0.29) is 29.2 Å². The van der Waals surface area contributed by atoms with Crippen molar-refractivity contribution in [1.29, 1.82) is 0 Å². The van der Waals surface area contributed by atoms with Crippen molar-refractivity contribution in [3.8, 4) is 17.1 Å². The Kier molecular flexibility index (Phi) is 5.41. The summed E-state index contributed by atoms with van der Waals surface area (Å²) in [5, 5.41) is 12.1. The molecule has 0 radical (unpaired) electrons. The highest BCUT2D eigenvalue weighted by Gasteiger charge is 2.31. The molecule has 0 aliphatic carbocycles. The third-order valence-corrected chi connectivity index (χ3v) is 5.75. The smallest absolute Gasteiger partial charge is 0.276 e. The fourth-order valence-corrected chi connectivity index (χ4v) is 4.01. The van der Waals surface area contributed by atoms with Gasteiger partial charge in [0.1, 0.15) is 11.6 Å². The second kappa shape index (κ2) is 8.53. The van der Waals surface area contributed by atoms with Gasteiger partial charge in [0.05, 0.1) is 17.3 Å². The largest absolute Gasteiger partial charge is 0.339 e. The van der Waals surface area contributed by atoms with Crippen LogP contribution in [0.15, 0.2) is 53.1 Å². The zero-order valence-corrected chi connectivity index (χ0v) is 17.8. The van der Waals surface area contributed by atoms with Crippen LogP contribution in [0.25, 0.3) is 17.1 Å². The van der Waals surface area contributed by atoms with Gasteiger partial charge in [-0.2, -0.15) is 4.98 Å². The first kappa shape index (κ1) is 20.9. The van der Waals surface area contributed by atoms with Crippen molar-refractivity contribution in [3.05, 3.63) is 77.4 Å². The van der Waals surface area contributed by atoms with Crippen LogP contribution in [0, 0.1) is 18.6 Å². The zero-order valence-electron chi connectivity index (χ0n) is 17.8. The van der Waals surface area contributed by atoms with Gasteiger partial charge in [0.25, 0.3) is 5.91 Å². The molecule has 3 heterocycles. The molecule has 5 rings (SSSR count). The molecule has 4 aromatic rings. The molecular formula is C23H20F2N6O2. The lowest BCUT2D eigenvalue weighted by Gasteiger charge is -2.30. The number of amides is 1. The molecule has 10 heteroatoms. The number of likely N-dealkylation sites (tertiary alicyclic amines) is 1. The van der Waals surface area contributed by atoms with Crippen molar-refractivity contribution >= 4 is 5.91 Å². The number of aromatic nitrogens is 5. The summed E-state index contributed by atoms with van der Waals surface area (Å²) in [6.45, 7) is 2.72. The molecule has 8 nitrogen and oxygen atoms in total. The number of piperidine rings is 1. The molecule has 0 spiro atoms. The molecule has 1 aliphatic rings. The van der Waals surface area contributed by atoms with Gasteiger partial charge in [-0.1, -0.05) is 22.5 Å². The van der Waals surface area contributed by atoms with Crippen LogP contribution in [0.3, 0.4) is 0 Å². The quantitative estimate of drug-likeness (QED) is 0.468. The highest BCUT2D eigenvalue weighted by atomic mass is 19.1. The van der Waals surface area contributed by atoms with Crippen molar-refractivity contribution in [3.63, 3.8) is 0 Å². The van der Waals surface area contributed by atoms with Gasteiger partial charge in [-0.3, -0.25) is 4.79 Å². The summed E-state index contributed by atoms with van der Waals surface area (Å²) in [6, 6.07) is 11.8. The lowest BCUT2D eigenvalue weighted by Crippen LogP contribution is -2.39. The number of benzene rings is 2. The third-order valence-electron chi connectivity index (χ3n) is 5.75. The number of carbonyl (C=O) groups is 1. The molecule has 2 aromatic carbocycles. The number of rotatable bonds is 4. The number of hydrogen-bond donors (Lipinski definition) is 0. The number of carbonyl (C=O) groups excluding carboxylic acids is 1. The second-order valence-electron chi connectivity index (χ2n) is 7.97. The minimum absolute atomic E-state index is 0.134. The van der Waals surface area contributed by atoms with E-state index >= 15 is 0 Å². The van der Waals surface area contributed by atoms with Crippen LogP contribution >= 0.6 is 0 Å². The normalized spacial score (nSPS) is 16.2. The minimum Gasteiger partial charge on any atom is -0.339 e. The van der Waals surface area contributed by atoms with Crippen molar-refractivity contribution < 1.29 is 18.1 Å². The highest BCUT2D eigenvalue weighted by molar-refractivity contribution is 5.93.